The minimum Gasteiger partial charge on any atom is -0.399 e. The molecule has 0 aliphatic carbocycles. The fraction of sp³-hybridized carbons (Fsp3) is 0.300. The van der Waals surface area contributed by atoms with E-state index in [0.717, 1.165) is 12.0 Å². The number of carbonyl (C=O) groups is 2. The van der Waals surface area contributed by atoms with Crippen molar-refractivity contribution in [2.24, 2.45) is 0 Å². The largest absolute Gasteiger partial charge is 0.399 e. The van der Waals surface area contributed by atoms with E-state index in [9.17, 15) is 9.59 Å². The number of hydrogen-bond acceptors (Lipinski definition) is 3. The molecule has 1 atom stereocenters. The van der Waals surface area contributed by atoms with E-state index in [0.29, 0.717) is 29.8 Å². The number of nitrogens with two attached hydrogens (primary N) is 1. The second-order valence-corrected chi connectivity index (χ2v) is 6.15. The van der Waals surface area contributed by atoms with Crippen molar-refractivity contribution in [2.45, 2.75) is 39.2 Å². The van der Waals surface area contributed by atoms with Gasteiger partial charge in [-0.25, -0.2) is 0 Å². The van der Waals surface area contributed by atoms with Crippen LogP contribution in [0.3, 0.4) is 0 Å². The van der Waals surface area contributed by atoms with Gasteiger partial charge in [-0.15, -0.1) is 0 Å². The van der Waals surface area contributed by atoms with E-state index in [2.05, 4.69) is 10.6 Å². The Kier molecular flexibility index (Phi) is 6.57. The zero-order valence-electron chi connectivity index (χ0n) is 14.7. The molecule has 0 saturated heterocycles. The number of nitrogen functional groups attached to an aromatic ring is 1. The molecule has 0 radical (unpaired) electrons. The highest BCUT2D eigenvalue weighted by molar-refractivity contribution is 5.96. The van der Waals surface area contributed by atoms with Crippen molar-refractivity contribution in [3.05, 3.63) is 59.7 Å². The van der Waals surface area contributed by atoms with Gasteiger partial charge in [0.2, 0.25) is 5.91 Å². The van der Waals surface area contributed by atoms with Gasteiger partial charge in [0.25, 0.3) is 5.91 Å². The molecule has 4 N–H and O–H groups in total. The summed E-state index contributed by atoms with van der Waals surface area (Å²) in [6, 6.07) is 14.6. The summed E-state index contributed by atoms with van der Waals surface area (Å²) in [7, 11) is 0. The first-order valence-electron chi connectivity index (χ1n) is 8.53. The first-order chi connectivity index (χ1) is 12.0. The van der Waals surface area contributed by atoms with Gasteiger partial charge in [0.1, 0.15) is 0 Å². The molecule has 0 aliphatic heterocycles. The van der Waals surface area contributed by atoms with Crippen LogP contribution in [-0.4, -0.2) is 17.9 Å². The Labute approximate surface area is 148 Å². The summed E-state index contributed by atoms with van der Waals surface area (Å²) in [5.74, 6) is -0.163. The Morgan fingerprint density at radius 2 is 1.68 bits per heavy atom. The molecule has 132 valence electrons. The van der Waals surface area contributed by atoms with Crippen molar-refractivity contribution in [3.8, 4) is 0 Å². The van der Waals surface area contributed by atoms with Gasteiger partial charge in [-0.1, -0.05) is 19.1 Å². The van der Waals surface area contributed by atoms with E-state index in [-0.39, 0.29) is 17.9 Å². The number of hydrogen-bond donors (Lipinski definition) is 3. The normalized spacial score (nSPS) is 11.6. The second kappa shape index (κ2) is 8.87. The van der Waals surface area contributed by atoms with Crippen LogP contribution in [0.15, 0.2) is 48.5 Å². The highest BCUT2D eigenvalue weighted by Gasteiger charge is 2.09. The molecule has 25 heavy (non-hydrogen) atoms. The van der Waals surface area contributed by atoms with Gasteiger partial charge in [-0.3, -0.25) is 9.59 Å². The molecule has 0 heterocycles. The minimum atomic E-state index is -0.101. The molecule has 5 nitrogen and oxygen atoms in total. The predicted molar refractivity (Wildman–Crippen MR) is 101 cm³/mol. The Balaban J connectivity index is 1.84. The van der Waals surface area contributed by atoms with Crippen LogP contribution in [0.2, 0.25) is 0 Å². The average Bonchev–Trinajstić information content (AvgIpc) is 2.61. The number of carbonyl (C=O) groups excluding carboxylic acids is 2. The monoisotopic (exact) mass is 339 g/mol. The van der Waals surface area contributed by atoms with Gasteiger partial charge in [0.05, 0.1) is 0 Å². The Morgan fingerprint density at radius 3 is 2.28 bits per heavy atom. The maximum Gasteiger partial charge on any atom is 0.251 e. The van der Waals surface area contributed by atoms with Gasteiger partial charge < -0.3 is 16.4 Å². The molecular formula is C20H25N3O2. The van der Waals surface area contributed by atoms with Gasteiger partial charge in [-0.05, 0) is 61.7 Å². The molecule has 2 aromatic carbocycles. The van der Waals surface area contributed by atoms with Crippen molar-refractivity contribution in [2.75, 3.05) is 11.1 Å². The Bertz CT molecular complexity index is 709. The van der Waals surface area contributed by atoms with E-state index in [1.54, 1.807) is 24.3 Å². The first-order valence-corrected chi connectivity index (χ1v) is 8.53. The van der Waals surface area contributed by atoms with Crippen LogP contribution in [0, 0.1) is 0 Å². The molecule has 0 bridgehead atoms. The van der Waals surface area contributed by atoms with Crippen molar-refractivity contribution >= 4 is 23.2 Å². The summed E-state index contributed by atoms with van der Waals surface area (Å²) in [5.41, 5.74) is 8.70. The maximum atomic E-state index is 12.0. The molecule has 0 saturated carbocycles. The summed E-state index contributed by atoms with van der Waals surface area (Å²) in [5, 5.41) is 5.76. The molecule has 1 unspecified atom stereocenters. The maximum absolute atomic E-state index is 12.0. The molecule has 5 heteroatoms. The predicted octanol–water partition coefficient (Wildman–Crippen LogP) is 3.37. The van der Waals surface area contributed by atoms with Crippen molar-refractivity contribution in [3.63, 3.8) is 0 Å². The third-order valence-corrected chi connectivity index (χ3v) is 4.04. The average molecular weight is 339 g/mol. The Hall–Kier alpha value is -2.82. The van der Waals surface area contributed by atoms with E-state index in [1.165, 1.54) is 0 Å². The van der Waals surface area contributed by atoms with Crippen LogP contribution in [0.5, 0.6) is 0 Å². The van der Waals surface area contributed by atoms with Crippen LogP contribution in [0.1, 0.15) is 42.6 Å². The van der Waals surface area contributed by atoms with Crippen molar-refractivity contribution in [1.82, 2.24) is 5.32 Å². The van der Waals surface area contributed by atoms with Gasteiger partial charge in [0.15, 0.2) is 0 Å². The molecule has 2 aromatic rings. The van der Waals surface area contributed by atoms with Gasteiger partial charge in [0, 0.05) is 29.4 Å². The van der Waals surface area contributed by atoms with Crippen LogP contribution in [-0.2, 0) is 11.2 Å². The number of aryl methyl sites for hydroxylation is 1. The highest BCUT2D eigenvalue weighted by atomic mass is 16.2. The zero-order valence-corrected chi connectivity index (χ0v) is 14.7. The van der Waals surface area contributed by atoms with E-state index >= 15 is 0 Å². The van der Waals surface area contributed by atoms with E-state index in [4.69, 9.17) is 5.73 Å². The first kappa shape index (κ1) is 18.5. The lowest BCUT2D eigenvalue weighted by Crippen LogP contribution is -2.31. The molecule has 0 spiro atoms. The summed E-state index contributed by atoms with van der Waals surface area (Å²) >= 11 is 0. The molecular weight excluding hydrogens is 314 g/mol. The number of rotatable bonds is 7. The van der Waals surface area contributed by atoms with Crippen LogP contribution < -0.4 is 16.4 Å². The van der Waals surface area contributed by atoms with Gasteiger partial charge in [-0.2, -0.15) is 0 Å². The summed E-state index contributed by atoms with van der Waals surface area (Å²) in [6.07, 6.45) is 1.93. The molecule has 0 aromatic heterocycles. The van der Waals surface area contributed by atoms with E-state index in [1.807, 2.05) is 38.1 Å². The fourth-order valence-electron chi connectivity index (χ4n) is 2.28. The number of amides is 2. The summed E-state index contributed by atoms with van der Waals surface area (Å²) in [4.78, 5) is 24.1. The minimum absolute atomic E-state index is 0.0615. The third-order valence-electron chi connectivity index (χ3n) is 4.04. The lowest BCUT2D eigenvalue weighted by Gasteiger charge is -2.12. The molecule has 0 fully saturated rings. The van der Waals surface area contributed by atoms with Crippen molar-refractivity contribution < 1.29 is 9.59 Å². The lowest BCUT2D eigenvalue weighted by molar-refractivity contribution is -0.116. The third kappa shape index (κ3) is 5.95. The van der Waals surface area contributed by atoms with Crippen LogP contribution >= 0.6 is 0 Å². The number of benzene rings is 2. The highest BCUT2D eigenvalue weighted by Crippen LogP contribution is 2.12. The van der Waals surface area contributed by atoms with Crippen molar-refractivity contribution in [1.29, 1.82) is 0 Å². The van der Waals surface area contributed by atoms with Crippen LogP contribution in [0.4, 0.5) is 11.4 Å². The van der Waals surface area contributed by atoms with E-state index < -0.39 is 0 Å². The molecule has 0 aliphatic rings. The number of nitrogens with one attached hydrogen (secondary N) is 2. The quantitative estimate of drug-likeness (QED) is 0.676. The lowest BCUT2D eigenvalue weighted by atomic mass is 10.1. The standard InChI is InChI=1S/C20H25N3O2/c1-3-14(2)22-20(25)16-7-11-18(12-8-16)23-19(24)13-6-15-4-9-17(21)10-5-15/h4-5,7-12,14H,3,6,13,21H2,1-2H3,(H,22,25)(H,23,24). The second-order valence-electron chi connectivity index (χ2n) is 6.15. The Morgan fingerprint density at radius 1 is 1.04 bits per heavy atom. The summed E-state index contributed by atoms with van der Waals surface area (Å²) in [6.45, 7) is 3.99. The topological polar surface area (TPSA) is 84.2 Å². The molecule has 2 amide bonds. The number of anilines is 2. The molecule has 2 rings (SSSR count). The van der Waals surface area contributed by atoms with Gasteiger partial charge >= 0.3 is 0 Å². The smallest absolute Gasteiger partial charge is 0.251 e. The van der Waals surface area contributed by atoms with Crippen LogP contribution in [0.25, 0.3) is 0 Å². The summed E-state index contributed by atoms with van der Waals surface area (Å²) < 4.78 is 0. The zero-order chi connectivity index (χ0) is 18.2. The SMILES string of the molecule is CCC(C)NC(=O)c1ccc(NC(=O)CCc2ccc(N)cc2)cc1. The fourth-order valence-corrected chi connectivity index (χ4v) is 2.28.